The highest BCUT2D eigenvalue weighted by atomic mass is 16.5. The molecule has 0 aromatic rings. The van der Waals surface area contributed by atoms with Crippen LogP contribution in [0.4, 0.5) is 0 Å². The zero-order valence-electron chi connectivity index (χ0n) is 10.2. The fourth-order valence-electron chi connectivity index (χ4n) is 1.59. The molecule has 1 aliphatic heterocycles. The molecule has 0 aromatic heterocycles. The van der Waals surface area contributed by atoms with Gasteiger partial charge in [-0.15, -0.1) is 0 Å². The molecule has 1 heterocycles. The third-order valence-electron chi connectivity index (χ3n) is 2.78. The van der Waals surface area contributed by atoms with Gasteiger partial charge in [0.15, 0.2) is 0 Å². The molecule has 1 unspecified atom stereocenters. The van der Waals surface area contributed by atoms with Crippen molar-refractivity contribution in [2.24, 2.45) is 0 Å². The van der Waals surface area contributed by atoms with Crippen molar-refractivity contribution >= 4 is 5.91 Å². The monoisotopic (exact) mass is 230 g/mol. The van der Waals surface area contributed by atoms with Gasteiger partial charge in [-0.2, -0.15) is 0 Å². The van der Waals surface area contributed by atoms with Gasteiger partial charge in [-0.05, 0) is 19.9 Å². The Bertz CT molecular complexity index is 205. The van der Waals surface area contributed by atoms with Crippen LogP contribution in [0.3, 0.4) is 0 Å². The molecule has 94 valence electrons. The molecule has 1 amide bonds. The van der Waals surface area contributed by atoms with E-state index in [2.05, 4.69) is 10.2 Å². The first-order valence-corrected chi connectivity index (χ1v) is 5.84. The van der Waals surface area contributed by atoms with E-state index in [9.17, 15) is 4.79 Å². The quantitative estimate of drug-likeness (QED) is 0.645. The predicted octanol–water partition coefficient (Wildman–Crippen LogP) is -0.140. The van der Waals surface area contributed by atoms with Crippen molar-refractivity contribution in [1.29, 1.82) is 0 Å². The standard InChI is InChI=1S/C11H22N2O3/c1-10(15-2)11(14)12-4-3-5-13-6-8-16-9-7-13/h10H,3-9H2,1-2H3,(H,12,14). The summed E-state index contributed by atoms with van der Waals surface area (Å²) in [5.74, 6) is -0.0375. The van der Waals surface area contributed by atoms with Crippen LogP contribution < -0.4 is 5.32 Å². The third-order valence-corrected chi connectivity index (χ3v) is 2.78. The average Bonchev–Trinajstić information content (AvgIpc) is 2.34. The summed E-state index contributed by atoms with van der Waals surface area (Å²) in [7, 11) is 1.54. The van der Waals surface area contributed by atoms with E-state index in [0.717, 1.165) is 39.3 Å². The number of rotatable bonds is 6. The first-order chi connectivity index (χ1) is 7.74. The van der Waals surface area contributed by atoms with Crippen molar-refractivity contribution in [2.75, 3.05) is 46.5 Å². The third kappa shape index (κ3) is 4.92. The predicted molar refractivity (Wildman–Crippen MR) is 61.4 cm³/mol. The van der Waals surface area contributed by atoms with E-state index in [1.54, 1.807) is 6.92 Å². The van der Waals surface area contributed by atoms with E-state index in [-0.39, 0.29) is 12.0 Å². The maximum atomic E-state index is 11.4. The van der Waals surface area contributed by atoms with Crippen molar-refractivity contribution in [3.63, 3.8) is 0 Å². The Balaban J connectivity index is 2.00. The molecule has 1 fully saturated rings. The number of nitrogens with zero attached hydrogens (tertiary/aromatic N) is 1. The highest BCUT2D eigenvalue weighted by Gasteiger charge is 2.11. The van der Waals surface area contributed by atoms with Crippen LogP contribution in [0, 0.1) is 0 Å². The van der Waals surface area contributed by atoms with Crippen molar-refractivity contribution in [3.8, 4) is 0 Å². The summed E-state index contributed by atoms with van der Waals surface area (Å²) < 4.78 is 10.2. The smallest absolute Gasteiger partial charge is 0.248 e. The number of methoxy groups -OCH3 is 1. The van der Waals surface area contributed by atoms with Crippen LogP contribution in [0.5, 0.6) is 0 Å². The van der Waals surface area contributed by atoms with Crippen LogP contribution >= 0.6 is 0 Å². The Morgan fingerprint density at radius 2 is 2.19 bits per heavy atom. The van der Waals surface area contributed by atoms with Gasteiger partial charge in [-0.1, -0.05) is 0 Å². The number of hydrogen-bond acceptors (Lipinski definition) is 4. The van der Waals surface area contributed by atoms with E-state index in [1.165, 1.54) is 7.11 Å². The molecule has 5 nitrogen and oxygen atoms in total. The van der Waals surface area contributed by atoms with Crippen molar-refractivity contribution in [1.82, 2.24) is 10.2 Å². The molecule has 0 saturated carbocycles. The Labute approximate surface area is 97.1 Å². The number of ether oxygens (including phenoxy) is 2. The molecule has 1 saturated heterocycles. The summed E-state index contributed by atoms with van der Waals surface area (Å²) in [6.45, 7) is 7.14. The van der Waals surface area contributed by atoms with Crippen molar-refractivity contribution in [2.45, 2.75) is 19.4 Å². The molecule has 5 heteroatoms. The van der Waals surface area contributed by atoms with Gasteiger partial charge in [0, 0.05) is 26.7 Å². The van der Waals surface area contributed by atoms with Crippen LogP contribution in [-0.4, -0.2) is 63.4 Å². The average molecular weight is 230 g/mol. The summed E-state index contributed by atoms with van der Waals surface area (Å²) in [6, 6.07) is 0. The fourth-order valence-corrected chi connectivity index (χ4v) is 1.59. The van der Waals surface area contributed by atoms with Gasteiger partial charge in [-0.25, -0.2) is 0 Å². The molecule has 0 aliphatic carbocycles. The molecule has 0 spiro atoms. The highest BCUT2D eigenvalue weighted by Crippen LogP contribution is 1.97. The van der Waals surface area contributed by atoms with Gasteiger partial charge in [0.1, 0.15) is 6.10 Å². The van der Waals surface area contributed by atoms with Gasteiger partial charge in [0.2, 0.25) is 5.91 Å². The van der Waals surface area contributed by atoms with Crippen molar-refractivity contribution in [3.05, 3.63) is 0 Å². The van der Waals surface area contributed by atoms with Gasteiger partial charge in [-0.3, -0.25) is 9.69 Å². The lowest BCUT2D eigenvalue weighted by atomic mass is 10.3. The van der Waals surface area contributed by atoms with E-state index in [0.29, 0.717) is 6.54 Å². The summed E-state index contributed by atoms with van der Waals surface area (Å²) in [5, 5.41) is 2.85. The van der Waals surface area contributed by atoms with Gasteiger partial charge < -0.3 is 14.8 Å². The van der Waals surface area contributed by atoms with E-state index in [1.807, 2.05) is 0 Å². The highest BCUT2D eigenvalue weighted by molar-refractivity contribution is 5.80. The molecule has 1 aliphatic rings. The number of hydrogen-bond donors (Lipinski definition) is 1. The summed E-state index contributed by atoms with van der Waals surface area (Å²) in [4.78, 5) is 13.7. The number of morpholine rings is 1. The number of carbonyl (C=O) groups excluding carboxylic acids is 1. The van der Waals surface area contributed by atoms with Gasteiger partial charge in [0.05, 0.1) is 13.2 Å². The van der Waals surface area contributed by atoms with Crippen LogP contribution in [0.2, 0.25) is 0 Å². The minimum absolute atomic E-state index is 0.0375. The second-order valence-corrected chi connectivity index (χ2v) is 3.98. The zero-order valence-corrected chi connectivity index (χ0v) is 10.2. The summed E-state index contributed by atoms with van der Waals surface area (Å²) in [6.07, 6.45) is 0.616. The fraction of sp³-hybridized carbons (Fsp3) is 0.909. The van der Waals surface area contributed by atoms with Crippen LogP contribution in [0.15, 0.2) is 0 Å². The number of carbonyl (C=O) groups is 1. The van der Waals surface area contributed by atoms with E-state index < -0.39 is 0 Å². The molecule has 1 N–H and O–H groups in total. The second-order valence-electron chi connectivity index (χ2n) is 3.98. The van der Waals surface area contributed by atoms with Crippen LogP contribution in [0.1, 0.15) is 13.3 Å². The SMILES string of the molecule is COC(C)C(=O)NCCCN1CCOCC1. The maximum Gasteiger partial charge on any atom is 0.248 e. The summed E-state index contributed by atoms with van der Waals surface area (Å²) in [5.41, 5.74) is 0. The lowest BCUT2D eigenvalue weighted by Gasteiger charge is -2.26. The largest absolute Gasteiger partial charge is 0.379 e. The number of nitrogens with one attached hydrogen (secondary N) is 1. The molecule has 0 radical (unpaired) electrons. The van der Waals surface area contributed by atoms with E-state index >= 15 is 0 Å². The van der Waals surface area contributed by atoms with Crippen LogP contribution in [0.25, 0.3) is 0 Å². The summed E-state index contributed by atoms with van der Waals surface area (Å²) >= 11 is 0. The Hall–Kier alpha value is -0.650. The molecule has 1 atom stereocenters. The Kier molecular flexibility index (Phi) is 6.37. The molecular formula is C11H22N2O3. The molecule has 16 heavy (non-hydrogen) atoms. The normalized spacial score (nSPS) is 19.4. The maximum absolute atomic E-state index is 11.4. The van der Waals surface area contributed by atoms with Crippen LogP contribution in [-0.2, 0) is 14.3 Å². The number of amides is 1. The molecule has 1 rings (SSSR count). The minimum Gasteiger partial charge on any atom is -0.379 e. The van der Waals surface area contributed by atoms with Gasteiger partial charge >= 0.3 is 0 Å². The first-order valence-electron chi connectivity index (χ1n) is 5.84. The Morgan fingerprint density at radius 3 is 2.81 bits per heavy atom. The molecule has 0 aromatic carbocycles. The lowest BCUT2D eigenvalue weighted by Crippen LogP contribution is -2.39. The van der Waals surface area contributed by atoms with Gasteiger partial charge in [0.25, 0.3) is 0 Å². The first kappa shape index (κ1) is 13.4. The Morgan fingerprint density at radius 1 is 1.50 bits per heavy atom. The topological polar surface area (TPSA) is 50.8 Å². The van der Waals surface area contributed by atoms with Crippen molar-refractivity contribution < 1.29 is 14.3 Å². The lowest BCUT2D eigenvalue weighted by molar-refractivity contribution is -0.130. The molecule has 0 bridgehead atoms. The molecular weight excluding hydrogens is 208 g/mol. The zero-order chi connectivity index (χ0) is 11.8. The minimum atomic E-state index is -0.358. The van der Waals surface area contributed by atoms with E-state index in [4.69, 9.17) is 9.47 Å². The second kappa shape index (κ2) is 7.60.